The van der Waals surface area contributed by atoms with E-state index in [1.54, 1.807) is 28.9 Å². The summed E-state index contributed by atoms with van der Waals surface area (Å²) in [6.07, 6.45) is 0. The van der Waals surface area contributed by atoms with E-state index in [1.165, 1.54) is 7.11 Å². The first-order chi connectivity index (χ1) is 13.5. The number of esters is 1. The van der Waals surface area contributed by atoms with Gasteiger partial charge in [0.25, 0.3) is 5.88 Å². The second-order valence-corrected chi connectivity index (χ2v) is 6.30. The lowest BCUT2D eigenvalue weighted by Gasteiger charge is -2.12. The van der Waals surface area contributed by atoms with Crippen molar-refractivity contribution in [1.29, 1.82) is 0 Å². The summed E-state index contributed by atoms with van der Waals surface area (Å²) < 4.78 is 12.5. The number of aryl methyl sites for hydroxylation is 2. The molecule has 0 atom stereocenters. The minimum absolute atomic E-state index is 0.329. The number of carbonyl (C=O) groups excluding carboxylic acids is 1. The summed E-state index contributed by atoms with van der Waals surface area (Å²) in [7, 11) is 1.35. The number of methoxy groups -OCH3 is 1. The zero-order valence-electron chi connectivity index (χ0n) is 15.7. The Bertz CT molecular complexity index is 1170. The first-order valence-corrected chi connectivity index (χ1v) is 8.72. The van der Waals surface area contributed by atoms with Crippen LogP contribution >= 0.6 is 0 Å². The highest BCUT2D eigenvalue weighted by molar-refractivity contribution is 5.89. The standard InChI is InChI=1S/C21H18N4O3/c1-13-12-14(2)25(24-13)19-20(23-18-7-5-4-6-17(18)22-19)28-16-10-8-15(9-11-16)21(26)27-3/h4-12H,1-3H3. The van der Waals surface area contributed by atoms with Crippen molar-refractivity contribution in [3.63, 3.8) is 0 Å². The fourth-order valence-electron chi connectivity index (χ4n) is 2.91. The third-order valence-electron chi connectivity index (χ3n) is 4.22. The molecular formula is C21H18N4O3. The van der Waals surface area contributed by atoms with E-state index in [1.807, 2.05) is 44.2 Å². The van der Waals surface area contributed by atoms with Gasteiger partial charge in [-0.05, 0) is 56.3 Å². The molecule has 0 bridgehead atoms. The van der Waals surface area contributed by atoms with E-state index in [-0.39, 0.29) is 0 Å². The Morgan fingerprint density at radius 2 is 1.64 bits per heavy atom. The van der Waals surface area contributed by atoms with Crippen LogP contribution in [0.15, 0.2) is 54.6 Å². The average molecular weight is 374 g/mol. The van der Waals surface area contributed by atoms with Gasteiger partial charge in [-0.15, -0.1) is 0 Å². The largest absolute Gasteiger partial charge is 0.465 e. The highest BCUT2D eigenvalue weighted by Gasteiger charge is 2.16. The van der Waals surface area contributed by atoms with E-state index in [9.17, 15) is 4.79 Å². The van der Waals surface area contributed by atoms with Crippen molar-refractivity contribution >= 4 is 17.0 Å². The number of carbonyl (C=O) groups is 1. The summed E-state index contributed by atoms with van der Waals surface area (Å²) >= 11 is 0. The molecule has 4 rings (SSSR count). The summed E-state index contributed by atoms with van der Waals surface area (Å²) in [5.41, 5.74) is 3.71. The second-order valence-electron chi connectivity index (χ2n) is 6.30. The number of rotatable bonds is 4. The van der Waals surface area contributed by atoms with Crippen LogP contribution in [0.4, 0.5) is 0 Å². The van der Waals surface area contributed by atoms with Gasteiger partial charge in [0.1, 0.15) is 5.75 Å². The molecule has 0 radical (unpaired) electrons. The number of aromatic nitrogens is 4. The molecule has 0 spiro atoms. The molecule has 28 heavy (non-hydrogen) atoms. The molecule has 0 aliphatic carbocycles. The maximum Gasteiger partial charge on any atom is 0.337 e. The molecule has 0 aliphatic rings. The van der Waals surface area contributed by atoms with Gasteiger partial charge in [0, 0.05) is 5.69 Å². The highest BCUT2D eigenvalue weighted by atomic mass is 16.5. The van der Waals surface area contributed by atoms with Crippen LogP contribution in [-0.2, 0) is 4.74 Å². The molecule has 0 saturated heterocycles. The van der Waals surface area contributed by atoms with E-state index >= 15 is 0 Å². The maximum atomic E-state index is 11.6. The molecular weight excluding hydrogens is 356 g/mol. The average Bonchev–Trinajstić information content (AvgIpc) is 3.05. The van der Waals surface area contributed by atoms with Gasteiger partial charge in [-0.3, -0.25) is 0 Å². The van der Waals surface area contributed by atoms with Gasteiger partial charge in [0.05, 0.1) is 29.4 Å². The molecule has 0 amide bonds. The van der Waals surface area contributed by atoms with Gasteiger partial charge < -0.3 is 9.47 Å². The number of benzene rings is 2. The monoisotopic (exact) mass is 374 g/mol. The number of nitrogens with zero attached hydrogens (tertiary/aromatic N) is 4. The van der Waals surface area contributed by atoms with Gasteiger partial charge in [-0.25, -0.2) is 19.4 Å². The smallest absolute Gasteiger partial charge is 0.337 e. The summed E-state index contributed by atoms with van der Waals surface area (Å²) in [5, 5.41) is 4.51. The van der Waals surface area contributed by atoms with Crippen molar-refractivity contribution < 1.29 is 14.3 Å². The van der Waals surface area contributed by atoms with Gasteiger partial charge in [0.15, 0.2) is 0 Å². The molecule has 7 heteroatoms. The van der Waals surface area contributed by atoms with Gasteiger partial charge in [-0.1, -0.05) is 12.1 Å². The van der Waals surface area contributed by atoms with E-state index in [0.717, 1.165) is 16.9 Å². The lowest BCUT2D eigenvalue weighted by molar-refractivity contribution is 0.0600. The van der Waals surface area contributed by atoms with E-state index in [0.29, 0.717) is 28.5 Å². The minimum atomic E-state index is -0.402. The summed E-state index contributed by atoms with van der Waals surface area (Å²) in [6, 6.07) is 16.2. The van der Waals surface area contributed by atoms with Crippen molar-refractivity contribution in [3.05, 3.63) is 71.5 Å². The molecule has 2 aromatic heterocycles. The number of hydrogen-bond donors (Lipinski definition) is 0. The Labute approximate surface area is 161 Å². The maximum absolute atomic E-state index is 11.6. The molecule has 0 aliphatic heterocycles. The normalized spacial score (nSPS) is 10.8. The lowest BCUT2D eigenvalue weighted by atomic mass is 10.2. The molecule has 0 N–H and O–H groups in total. The Balaban J connectivity index is 1.79. The van der Waals surface area contributed by atoms with Crippen molar-refractivity contribution in [3.8, 4) is 17.4 Å². The van der Waals surface area contributed by atoms with Crippen molar-refractivity contribution in [2.45, 2.75) is 13.8 Å². The highest BCUT2D eigenvalue weighted by Crippen LogP contribution is 2.28. The Hall–Kier alpha value is -3.74. The fourth-order valence-corrected chi connectivity index (χ4v) is 2.91. The zero-order chi connectivity index (χ0) is 19.7. The number of para-hydroxylation sites is 2. The van der Waals surface area contributed by atoms with Crippen LogP contribution in [0.3, 0.4) is 0 Å². The predicted molar refractivity (Wildman–Crippen MR) is 104 cm³/mol. The zero-order valence-corrected chi connectivity index (χ0v) is 15.7. The second kappa shape index (κ2) is 7.11. The summed E-state index contributed by atoms with van der Waals surface area (Å²) in [5.74, 6) is 0.956. The van der Waals surface area contributed by atoms with Gasteiger partial charge in [-0.2, -0.15) is 5.10 Å². The molecule has 2 aromatic carbocycles. The molecule has 7 nitrogen and oxygen atoms in total. The molecule has 140 valence electrons. The molecule has 0 fully saturated rings. The topological polar surface area (TPSA) is 79.1 Å². The van der Waals surface area contributed by atoms with Crippen LogP contribution in [0, 0.1) is 13.8 Å². The van der Waals surface area contributed by atoms with Crippen LogP contribution in [0.25, 0.3) is 16.9 Å². The Kier molecular flexibility index (Phi) is 4.49. The first kappa shape index (κ1) is 17.7. The molecule has 0 saturated carbocycles. The van der Waals surface area contributed by atoms with Crippen LogP contribution in [0.2, 0.25) is 0 Å². The Morgan fingerprint density at radius 3 is 2.25 bits per heavy atom. The van der Waals surface area contributed by atoms with Crippen molar-refractivity contribution in [2.75, 3.05) is 7.11 Å². The first-order valence-electron chi connectivity index (χ1n) is 8.72. The van der Waals surface area contributed by atoms with Gasteiger partial charge in [0.2, 0.25) is 5.82 Å². The van der Waals surface area contributed by atoms with Crippen LogP contribution in [0.5, 0.6) is 11.6 Å². The predicted octanol–water partition coefficient (Wildman–Crippen LogP) is 4.01. The Morgan fingerprint density at radius 1 is 0.964 bits per heavy atom. The number of hydrogen-bond acceptors (Lipinski definition) is 6. The minimum Gasteiger partial charge on any atom is -0.465 e. The van der Waals surface area contributed by atoms with Crippen molar-refractivity contribution in [1.82, 2.24) is 19.7 Å². The van der Waals surface area contributed by atoms with Crippen LogP contribution < -0.4 is 4.74 Å². The van der Waals surface area contributed by atoms with E-state index in [4.69, 9.17) is 14.5 Å². The van der Waals surface area contributed by atoms with E-state index in [2.05, 4.69) is 10.1 Å². The van der Waals surface area contributed by atoms with Crippen LogP contribution in [0.1, 0.15) is 21.7 Å². The lowest BCUT2D eigenvalue weighted by Crippen LogP contribution is -2.07. The summed E-state index contributed by atoms with van der Waals surface area (Å²) in [4.78, 5) is 21.0. The third kappa shape index (κ3) is 3.29. The SMILES string of the molecule is COC(=O)c1ccc(Oc2nc3ccccc3nc2-n2nc(C)cc2C)cc1. The quantitative estimate of drug-likeness (QED) is 0.502. The van der Waals surface area contributed by atoms with E-state index < -0.39 is 5.97 Å². The molecule has 0 unspecified atom stereocenters. The third-order valence-corrected chi connectivity index (χ3v) is 4.22. The fraction of sp³-hybridized carbons (Fsp3) is 0.143. The number of ether oxygens (including phenoxy) is 2. The van der Waals surface area contributed by atoms with Gasteiger partial charge >= 0.3 is 5.97 Å². The van der Waals surface area contributed by atoms with Crippen molar-refractivity contribution in [2.24, 2.45) is 0 Å². The molecule has 2 heterocycles. The van der Waals surface area contributed by atoms with Crippen LogP contribution in [-0.4, -0.2) is 32.8 Å². The number of fused-ring (bicyclic) bond motifs is 1. The summed E-state index contributed by atoms with van der Waals surface area (Å²) in [6.45, 7) is 3.87. The molecule has 4 aromatic rings.